The Morgan fingerprint density at radius 3 is 2.53 bits per heavy atom. The lowest BCUT2D eigenvalue weighted by Gasteiger charge is -2.15. The van der Waals surface area contributed by atoms with Crippen LogP contribution in [0.25, 0.3) is 0 Å². The molecule has 0 aliphatic carbocycles. The molecular weight excluding hydrogens is 260 g/mol. The minimum atomic E-state index is -0.0731. The molecule has 0 aromatic heterocycles. The van der Waals surface area contributed by atoms with Gasteiger partial charge in [-0.2, -0.15) is 0 Å². The van der Waals surface area contributed by atoms with Crippen LogP contribution < -0.4 is 4.74 Å². The summed E-state index contributed by atoms with van der Waals surface area (Å²) < 4.78 is 5.93. The molecule has 0 atom stereocenters. The van der Waals surface area contributed by atoms with E-state index in [4.69, 9.17) is 16.3 Å². The summed E-state index contributed by atoms with van der Waals surface area (Å²) >= 11 is 5.98. The predicted molar refractivity (Wildman–Crippen MR) is 78.0 cm³/mol. The van der Waals surface area contributed by atoms with Crippen molar-refractivity contribution >= 4 is 11.6 Å². The van der Waals surface area contributed by atoms with E-state index in [0.717, 1.165) is 16.9 Å². The fourth-order valence-electron chi connectivity index (χ4n) is 1.92. The van der Waals surface area contributed by atoms with Crippen LogP contribution in [0.15, 0.2) is 42.5 Å². The number of aliphatic hydroxyl groups excluding tert-OH is 1. The van der Waals surface area contributed by atoms with Gasteiger partial charge in [-0.3, -0.25) is 0 Å². The molecule has 0 amide bonds. The third kappa shape index (κ3) is 3.28. The van der Waals surface area contributed by atoms with E-state index >= 15 is 0 Å². The molecular formula is C16H17ClO2. The van der Waals surface area contributed by atoms with E-state index in [1.54, 1.807) is 18.2 Å². The number of benzene rings is 2. The van der Waals surface area contributed by atoms with Crippen LogP contribution in [0.1, 0.15) is 30.9 Å². The zero-order valence-corrected chi connectivity index (χ0v) is 11.8. The maximum absolute atomic E-state index is 9.34. The topological polar surface area (TPSA) is 29.5 Å². The molecule has 0 fully saturated rings. The van der Waals surface area contributed by atoms with Gasteiger partial charge in [0, 0.05) is 10.6 Å². The lowest BCUT2D eigenvalue weighted by Crippen LogP contribution is -1.96. The fraction of sp³-hybridized carbons (Fsp3) is 0.250. The third-order valence-electron chi connectivity index (χ3n) is 2.96. The highest BCUT2D eigenvalue weighted by molar-refractivity contribution is 6.30. The Morgan fingerprint density at radius 1 is 1.11 bits per heavy atom. The summed E-state index contributed by atoms with van der Waals surface area (Å²) in [6, 6.07) is 13.1. The molecule has 0 aliphatic rings. The Hall–Kier alpha value is -1.51. The highest BCUT2D eigenvalue weighted by atomic mass is 35.5. The molecule has 0 heterocycles. The quantitative estimate of drug-likeness (QED) is 0.873. The number of para-hydroxylation sites is 1. The molecule has 0 saturated heterocycles. The third-order valence-corrected chi connectivity index (χ3v) is 3.20. The number of ether oxygens (including phenoxy) is 1. The molecule has 0 saturated carbocycles. The van der Waals surface area contributed by atoms with E-state index in [-0.39, 0.29) is 6.61 Å². The van der Waals surface area contributed by atoms with Crippen LogP contribution in [0.3, 0.4) is 0 Å². The van der Waals surface area contributed by atoms with Crippen molar-refractivity contribution in [1.82, 2.24) is 0 Å². The molecule has 0 aliphatic heterocycles. The van der Waals surface area contributed by atoms with Crippen LogP contribution in [0.4, 0.5) is 0 Å². The van der Waals surface area contributed by atoms with Crippen molar-refractivity contribution in [2.75, 3.05) is 0 Å². The summed E-state index contributed by atoms with van der Waals surface area (Å²) in [5.74, 6) is 1.77. The van der Waals surface area contributed by atoms with Crippen molar-refractivity contribution < 1.29 is 9.84 Å². The van der Waals surface area contributed by atoms with E-state index < -0.39 is 0 Å². The average molecular weight is 277 g/mol. The Morgan fingerprint density at radius 2 is 1.84 bits per heavy atom. The molecule has 2 aromatic rings. The molecule has 3 heteroatoms. The van der Waals surface area contributed by atoms with Crippen molar-refractivity contribution in [3.8, 4) is 11.5 Å². The zero-order chi connectivity index (χ0) is 13.8. The lowest BCUT2D eigenvalue weighted by molar-refractivity contribution is 0.276. The minimum absolute atomic E-state index is 0.0731. The summed E-state index contributed by atoms with van der Waals surface area (Å²) in [6.45, 7) is 4.16. The lowest BCUT2D eigenvalue weighted by atomic mass is 10.0. The highest BCUT2D eigenvalue weighted by Gasteiger charge is 2.10. The average Bonchev–Trinajstić information content (AvgIpc) is 2.39. The molecule has 100 valence electrons. The summed E-state index contributed by atoms with van der Waals surface area (Å²) in [5, 5.41) is 9.93. The zero-order valence-electron chi connectivity index (χ0n) is 11.1. The van der Waals surface area contributed by atoms with Gasteiger partial charge < -0.3 is 9.84 Å². The smallest absolute Gasteiger partial charge is 0.134 e. The first-order chi connectivity index (χ1) is 9.11. The van der Waals surface area contributed by atoms with Gasteiger partial charge in [0.2, 0.25) is 0 Å². The Bertz CT molecular complexity index is 564. The standard InChI is InChI=1S/C16H17ClO2/c1-11(2)14-5-3-4-6-15(14)19-16-9-13(17)8-7-12(16)10-18/h3-9,11,18H,10H2,1-2H3. The molecule has 2 rings (SSSR count). The second kappa shape index (κ2) is 6.09. The van der Waals surface area contributed by atoms with Crippen LogP contribution in [0.5, 0.6) is 11.5 Å². The van der Waals surface area contributed by atoms with Crippen LogP contribution >= 0.6 is 11.6 Å². The summed E-state index contributed by atoms with van der Waals surface area (Å²) in [7, 11) is 0. The van der Waals surface area contributed by atoms with Gasteiger partial charge in [-0.05, 0) is 29.7 Å². The summed E-state index contributed by atoms with van der Waals surface area (Å²) in [5.41, 5.74) is 1.86. The Kier molecular flexibility index (Phi) is 4.46. The van der Waals surface area contributed by atoms with Gasteiger partial charge in [0.25, 0.3) is 0 Å². The fourth-order valence-corrected chi connectivity index (χ4v) is 2.09. The maximum Gasteiger partial charge on any atom is 0.134 e. The van der Waals surface area contributed by atoms with Gasteiger partial charge in [-0.15, -0.1) is 0 Å². The van der Waals surface area contributed by atoms with Crippen LogP contribution in [0.2, 0.25) is 5.02 Å². The van der Waals surface area contributed by atoms with Crippen molar-refractivity contribution in [2.24, 2.45) is 0 Å². The van der Waals surface area contributed by atoms with Crippen molar-refractivity contribution in [1.29, 1.82) is 0 Å². The van der Waals surface area contributed by atoms with Gasteiger partial charge in [0.1, 0.15) is 11.5 Å². The van der Waals surface area contributed by atoms with E-state index in [0.29, 0.717) is 16.7 Å². The molecule has 0 spiro atoms. The van der Waals surface area contributed by atoms with Gasteiger partial charge in [0.15, 0.2) is 0 Å². The number of hydrogen-bond acceptors (Lipinski definition) is 2. The first-order valence-corrected chi connectivity index (χ1v) is 6.65. The molecule has 1 N–H and O–H groups in total. The van der Waals surface area contributed by atoms with E-state index in [1.165, 1.54) is 0 Å². The van der Waals surface area contributed by atoms with Crippen molar-refractivity contribution in [3.05, 3.63) is 58.6 Å². The largest absolute Gasteiger partial charge is 0.457 e. The van der Waals surface area contributed by atoms with Crippen LogP contribution in [0, 0.1) is 0 Å². The number of aliphatic hydroxyl groups is 1. The second-order valence-corrected chi connectivity index (χ2v) is 5.14. The molecule has 2 aromatic carbocycles. The first-order valence-electron chi connectivity index (χ1n) is 6.28. The summed E-state index contributed by atoms with van der Waals surface area (Å²) in [6.07, 6.45) is 0. The molecule has 0 unspecified atom stereocenters. The molecule has 0 radical (unpaired) electrons. The van der Waals surface area contributed by atoms with Crippen LogP contribution in [-0.4, -0.2) is 5.11 Å². The number of halogens is 1. The van der Waals surface area contributed by atoms with Gasteiger partial charge >= 0.3 is 0 Å². The molecule has 19 heavy (non-hydrogen) atoms. The first kappa shape index (κ1) is 13.9. The van der Waals surface area contributed by atoms with E-state index in [9.17, 15) is 5.11 Å². The highest BCUT2D eigenvalue weighted by Crippen LogP contribution is 2.33. The Labute approximate surface area is 118 Å². The number of hydrogen-bond donors (Lipinski definition) is 1. The monoisotopic (exact) mass is 276 g/mol. The Balaban J connectivity index is 2.38. The molecule has 0 bridgehead atoms. The normalized spacial score (nSPS) is 10.8. The maximum atomic E-state index is 9.34. The van der Waals surface area contributed by atoms with E-state index in [2.05, 4.69) is 13.8 Å². The van der Waals surface area contributed by atoms with E-state index in [1.807, 2.05) is 24.3 Å². The van der Waals surface area contributed by atoms with Crippen molar-refractivity contribution in [2.45, 2.75) is 26.4 Å². The van der Waals surface area contributed by atoms with Gasteiger partial charge in [0.05, 0.1) is 6.61 Å². The molecule has 2 nitrogen and oxygen atoms in total. The van der Waals surface area contributed by atoms with Crippen LogP contribution in [-0.2, 0) is 6.61 Å². The van der Waals surface area contributed by atoms with Gasteiger partial charge in [-0.25, -0.2) is 0 Å². The summed E-state index contributed by atoms with van der Waals surface area (Å²) in [4.78, 5) is 0. The second-order valence-electron chi connectivity index (χ2n) is 4.70. The predicted octanol–water partition coefficient (Wildman–Crippen LogP) is 4.75. The van der Waals surface area contributed by atoms with Gasteiger partial charge in [-0.1, -0.05) is 49.7 Å². The number of rotatable bonds is 4. The van der Waals surface area contributed by atoms with Crippen molar-refractivity contribution in [3.63, 3.8) is 0 Å². The minimum Gasteiger partial charge on any atom is -0.457 e. The SMILES string of the molecule is CC(C)c1ccccc1Oc1cc(Cl)ccc1CO.